The molecule has 0 aliphatic carbocycles. The molecular weight excluding hydrogens is 454 g/mol. The van der Waals surface area contributed by atoms with E-state index in [0.29, 0.717) is 6.61 Å². The zero-order chi connectivity index (χ0) is 24.8. The number of hydrogen-bond donors (Lipinski definition) is 1. The van der Waals surface area contributed by atoms with Crippen molar-refractivity contribution in [3.63, 3.8) is 0 Å². The highest BCUT2D eigenvalue weighted by atomic mass is 16.5. The highest BCUT2D eigenvalue weighted by molar-refractivity contribution is 6.01. The quantitative estimate of drug-likeness (QED) is 0.597. The summed E-state index contributed by atoms with van der Waals surface area (Å²) < 4.78 is 5.60. The first-order valence-electron chi connectivity index (χ1n) is 12.6. The van der Waals surface area contributed by atoms with Crippen LogP contribution in [-0.4, -0.2) is 71.9 Å². The van der Waals surface area contributed by atoms with Gasteiger partial charge in [-0.05, 0) is 53.9 Å². The number of nitrogens with one attached hydrogen (secondary N) is 1. The minimum absolute atomic E-state index is 0.139. The predicted molar refractivity (Wildman–Crippen MR) is 138 cm³/mol. The molecule has 3 amide bonds. The van der Waals surface area contributed by atoms with Gasteiger partial charge in [-0.25, -0.2) is 4.79 Å². The van der Waals surface area contributed by atoms with Gasteiger partial charge in [0.1, 0.15) is 24.2 Å². The zero-order valence-corrected chi connectivity index (χ0v) is 20.6. The lowest BCUT2D eigenvalue weighted by molar-refractivity contribution is -0.139. The fourth-order valence-electron chi connectivity index (χ4n) is 5.83. The minimum Gasteiger partial charge on any atom is -0.494 e. The van der Waals surface area contributed by atoms with E-state index in [1.54, 1.807) is 11.9 Å². The third-order valence-electron chi connectivity index (χ3n) is 7.56. The summed E-state index contributed by atoms with van der Waals surface area (Å²) in [6, 6.07) is 21.5. The lowest BCUT2D eigenvalue weighted by Gasteiger charge is -2.44. The number of carbonyl (C=O) groups is 2. The molecule has 3 aromatic rings. The van der Waals surface area contributed by atoms with Gasteiger partial charge < -0.3 is 14.5 Å². The summed E-state index contributed by atoms with van der Waals surface area (Å²) in [6.07, 6.45) is 0.397. The van der Waals surface area contributed by atoms with E-state index in [-0.39, 0.29) is 30.9 Å². The van der Waals surface area contributed by atoms with E-state index in [2.05, 4.69) is 39.4 Å². The fraction of sp³-hybridized carbons (Fsp3) is 0.357. The first-order valence-corrected chi connectivity index (χ1v) is 12.6. The zero-order valence-electron chi connectivity index (χ0n) is 20.6. The van der Waals surface area contributed by atoms with Crippen LogP contribution < -0.4 is 15.0 Å². The molecule has 0 aromatic heterocycles. The summed E-state index contributed by atoms with van der Waals surface area (Å²) in [5, 5.41) is 5.75. The van der Waals surface area contributed by atoms with Gasteiger partial charge in [0.15, 0.2) is 0 Å². The van der Waals surface area contributed by atoms with Crippen LogP contribution in [0.4, 0.5) is 10.5 Å². The fourth-order valence-corrected chi connectivity index (χ4v) is 5.83. The molecule has 36 heavy (non-hydrogen) atoms. The van der Waals surface area contributed by atoms with E-state index in [9.17, 15) is 9.59 Å². The maximum absolute atomic E-state index is 13.9. The van der Waals surface area contributed by atoms with E-state index < -0.39 is 6.04 Å². The molecular formula is C28H31N5O3. The number of imide groups is 1. The molecule has 3 aliphatic rings. The molecule has 1 N–H and O–H groups in total. The molecule has 0 radical (unpaired) electrons. The van der Waals surface area contributed by atoms with Crippen LogP contribution in [0.3, 0.4) is 0 Å². The third kappa shape index (κ3) is 3.68. The van der Waals surface area contributed by atoms with Crippen molar-refractivity contribution in [1.29, 1.82) is 0 Å². The van der Waals surface area contributed by atoms with Gasteiger partial charge in [0.05, 0.1) is 13.2 Å². The van der Waals surface area contributed by atoms with Gasteiger partial charge in [-0.1, -0.05) is 42.5 Å². The Morgan fingerprint density at radius 2 is 1.75 bits per heavy atom. The summed E-state index contributed by atoms with van der Waals surface area (Å²) in [7, 11) is 1.79. The first-order chi connectivity index (χ1) is 17.6. The number of ether oxygens (including phenoxy) is 1. The highest BCUT2D eigenvalue weighted by Gasteiger charge is 2.56. The second-order valence-corrected chi connectivity index (χ2v) is 9.60. The number of rotatable bonds is 5. The lowest BCUT2D eigenvalue weighted by Crippen LogP contribution is -2.66. The third-order valence-corrected chi connectivity index (χ3v) is 7.56. The predicted octanol–water partition coefficient (Wildman–Crippen LogP) is 3.43. The second-order valence-electron chi connectivity index (χ2n) is 9.60. The number of hydrogen-bond acceptors (Lipinski definition) is 6. The number of nitrogens with zero attached hydrogens (tertiary/aromatic N) is 4. The van der Waals surface area contributed by atoms with Crippen molar-refractivity contribution in [3.05, 3.63) is 72.3 Å². The molecule has 3 atom stereocenters. The maximum atomic E-state index is 13.9. The summed E-state index contributed by atoms with van der Waals surface area (Å²) in [6.45, 7) is 4.52. The van der Waals surface area contributed by atoms with E-state index >= 15 is 0 Å². The Morgan fingerprint density at radius 3 is 2.56 bits per heavy atom. The smallest absolute Gasteiger partial charge is 0.328 e. The van der Waals surface area contributed by atoms with Crippen LogP contribution in [-0.2, 0) is 11.3 Å². The van der Waals surface area contributed by atoms with E-state index in [0.717, 1.165) is 47.3 Å². The van der Waals surface area contributed by atoms with Gasteiger partial charge in [-0.3, -0.25) is 19.9 Å². The minimum atomic E-state index is -0.432. The van der Waals surface area contributed by atoms with E-state index in [4.69, 9.17) is 4.74 Å². The Balaban J connectivity index is 1.28. The van der Waals surface area contributed by atoms with Crippen LogP contribution in [0.5, 0.6) is 5.75 Å². The van der Waals surface area contributed by atoms with Crippen molar-refractivity contribution >= 4 is 28.4 Å². The standard InChI is InChI=1S/C28H31N5O3/c1-3-36-22-14-12-21(13-15-22)31-16-7-17-32-24-25(29-27(31)32)30(2)28(35)33(26(24)34)18-20-10-6-9-19-8-4-5-11-23(19)20/h4-6,8-15,24-25,27,29H,3,7,16-18H2,1-2H3. The SMILES string of the molecule is CCOc1ccc(N2CCCN3C4C(=O)N(Cc5cccc6ccccc56)C(=O)N(C)C4NC23)cc1. The van der Waals surface area contributed by atoms with Gasteiger partial charge in [0.25, 0.3) is 5.91 Å². The molecule has 186 valence electrons. The number of benzene rings is 3. The van der Waals surface area contributed by atoms with Crippen molar-refractivity contribution in [2.45, 2.75) is 38.4 Å². The molecule has 3 saturated heterocycles. The average molecular weight is 486 g/mol. The monoisotopic (exact) mass is 485 g/mol. The number of urea groups is 1. The van der Waals surface area contributed by atoms with Crippen molar-refractivity contribution < 1.29 is 14.3 Å². The highest BCUT2D eigenvalue weighted by Crippen LogP contribution is 2.34. The molecule has 3 aliphatic heterocycles. The molecule has 3 heterocycles. The van der Waals surface area contributed by atoms with Crippen molar-refractivity contribution in [3.8, 4) is 5.75 Å². The van der Waals surface area contributed by atoms with E-state index in [1.165, 1.54) is 4.90 Å². The van der Waals surface area contributed by atoms with Crippen molar-refractivity contribution in [2.24, 2.45) is 0 Å². The summed E-state index contributed by atoms with van der Waals surface area (Å²) in [5.41, 5.74) is 2.03. The molecule has 3 unspecified atom stereocenters. The normalized spacial score (nSPS) is 24.3. The van der Waals surface area contributed by atoms with Crippen LogP contribution in [0.25, 0.3) is 10.8 Å². The summed E-state index contributed by atoms with van der Waals surface area (Å²) in [4.78, 5) is 34.9. The van der Waals surface area contributed by atoms with E-state index in [1.807, 2.05) is 49.4 Å². The number of carbonyl (C=O) groups excluding carboxylic acids is 2. The number of amides is 3. The maximum Gasteiger partial charge on any atom is 0.328 e. The summed E-state index contributed by atoms with van der Waals surface area (Å²) >= 11 is 0. The van der Waals surface area contributed by atoms with Crippen LogP contribution in [0.1, 0.15) is 18.9 Å². The molecule has 6 rings (SSSR count). The Bertz CT molecular complexity index is 1290. The Labute approximate surface area is 211 Å². The Hall–Kier alpha value is -3.62. The van der Waals surface area contributed by atoms with Crippen LogP contribution in [0.15, 0.2) is 66.7 Å². The Morgan fingerprint density at radius 1 is 0.972 bits per heavy atom. The molecule has 0 spiro atoms. The van der Waals surface area contributed by atoms with Crippen LogP contribution >= 0.6 is 0 Å². The van der Waals surface area contributed by atoms with Gasteiger partial charge in [0.2, 0.25) is 0 Å². The van der Waals surface area contributed by atoms with Crippen LogP contribution in [0.2, 0.25) is 0 Å². The number of fused-ring (bicyclic) bond motifs is 4. The topological polar surface area (TPSA) is 68.4 Å². The van der Waals surface area contributed by atoms with Crippen molar-refractivity contribution in [2.75, 3.05) is 31.6 Å². The first kappa shape index (κ1) is 22.8. The molecule has 3 fully saturated rings. The molecule has 8 nitrogen and oxygen atoms in total. The largest absolute Gasteiger partial charge is 0.494 e. The number of anilines is 1. The van der Waals surface area contributed by atoms with Crippen LogP contribution in [0, 0.1) is 0 Å². The summed E-state index contributed by atoms with van der Waals surface area (Å²) in [5.74, 6) is 0.701. The Kier molecular flexibility index (Phi) is 5.78. The molecule has 3 aromatic carbocycles. The second kappa shape index (κ2) is 9.11. The number of likely N-dealkylation sites (N-methyl/N-ethyl adjacent to an activating group) is 1. The van der Waals surface area contributed by atoms with Gasteiger partial charge in [0, 0.05) is 25.8 Å². The molecule has 8 heteroatoms. The average Bonchev–Trinajstić information content (AvgIpc) is 3.31. The van der Waals surface area contributed by atoms with Gasteiger partial charge >= 0.3 is 6.03 Å². The molecule has 0 saturated carbocycles. The van der Waals surface area contributed by atoms with Gasteiger partial charge in [-0.2, -0.15) is 0 Å². The lowest BCUT2D eigenvalue weighted by atomic mass is 10.0. The molecule has 0 bridgehead atoms. The van der Waals surface area contributed by atoms with Gasteiger partial charge in [-0.15, -0.1) is 0 Å². The van der Waals surface area contributed by atoms with Crippen molar-refractivity contribution in [1.82, 2.24) is 20.0 Å².